The van der Waals surface area contributed by atoms with Crippen LogP contribution in [0.25, 0.3) is 0 Å². The highest BCUT2D eigenvalue weighted by Gasteiger charge is 2.67. The fourth-order valence-corrected chi connectivity index (χ4v) is 5.47. The van der Waals surface area contributed by atoms with Crippen LogP contribution in [0.1, 0.15) is 44.5 Å². The molecule has 6 heteroatoms. The number of carbonyl (C=O) groups excluding carboxylic acids is 2. The summed E-state index contributed by atoms with van der Waals surface area (Å²) in [7, 11) is 0. The summed E-state index contributed by atoms with van der Waals surface area (Å²) in [6.45, 7) is 1.87. The number of fused-ring (bicyclic) bond motifs is 1. The number of aliphatic hydroxyl groups is 1. The molecule has 2 aliphatic heterocycles. The number of ether oxygens (including phenoxy) is 2. The van der Waals surface area contributed by atoms with E-state index in [4.69, 9.17) is 13.9 Å². The van der Waals surface area contributed by atoms with E-state index >= 15 is 0 Å². The summed E-state index contributed by atoms with van der Waals surface area (Å²) in [6, 6.07) is 3.57. The lowest BCUT2D eigenvalue weighted by molar-refractivity contribution is -0.166. The highest BCUT2D eigenvalue weighted by atomic mass is 16.6. The SMILES string of the molecule is C[C@@H]1[C@H](O)[C@@H]2OC(=O)C3=C2[C@H](CCC3)[C@@]12C[C@H](c1ccco1)OC2=O. The quantitative estimate of drug-likeness (QED) is 0.787. The normalized spacial score (nSPS) is 42.6. The molecule has 132 valence electrons. The number of carbonyl (C=O) groups is 2. The Morgan fingerprint density at radius 3 is 2.88 bits per heavy atom. The van der Waals surface area contributed by atoms with Crippen molar-refractivity contribution in [2.75, 3.05) is 0 Å². The number of cyclic esters (lactones) is 1. The number of aliphatic hydroxyl groups excluding tert-OH is 1. The molecule has 5 rings (SSSR count). The van der Waals surface area contributed by atoms with Gasteiger partial charge in [-0.2, -0.15) is 0 Å². The Bertz CT molecular complexity index is 778. The van der Waals surface area contributed by atoms with E-state index < -0.39 is 23.7 Å². The van der Waals surface area contributed by atoms with Crippen molar-refractivity contribution in [1.29, 1.82) is 0 Å². The molecule has 0 radical (unpaired) electrons. The van der Waals surface area contributed by atoms with Crippen molar-refractivity contribution in [3.05, 3.63) is 35.3 Å². The van der Waals surface area contributed by atoms with E-state index in [0.29, 0.717) is 24.2 Å². The van der Waals surface area contributed by atoms with Crippen LogP contribution in [0.5, 0.6) is 0 Å². The standard InChI is InChI=1S/C19H20O6/c1-9-15(20)16-14-10(17(21)25-16)4-2-5-11(14)19(9)8-13(24-18(19)22)12-6-3-7-23-12/h3,6-7,9,11,13,15-16,20H,2,4-5,8H2,1H3/t9-,11+,13-,15+,16-,19-/m1/s1. The molecule has 0 aromatic carbocycles. The molecule has 2 aliphatic carbocycles. The Morgan fingerprint density at radius 2 is 2.12 bits per heavy atom. The van der Waals surface area contributed by atoms with Crippen molar-refractivity contribution in [1.82, 2.24) is 0 Å². The van der Waals surface area contributed by atoms with Crippen LogP contribution in [0.15, 0.2) is 34.0 Å². The summed E-state index contributed by atoms with van der Waals surface area (Å²) < 4.78 is 16.6. The van der Waals surface area contributed by atoms with Crippen LogP contribution < -0.4 is 0 Å². The molecule has 6 atom stereocenters. The Labute approximate surface area is 144 Å². The maximum Gasteiger partial charge on any atom is 0.334 e. The molecule has 0 unspecified atom stereocenters. The van der Waals surface area contributed by atoms with Crippen LogP contribution in [-0.4, -0.2) is 29.3 Å². The van der Waals surface area contributed by atoms with Crippen molar-refractivity contribution in [3.8, 4) is 0 Å². The predicted octanol–water partition coefficient (Wildman–Crippen LogP) is 2.29. The topological polar surface area (TPSA) is 86.0 Å². The lowest BCUT2D eigenvalue weighted by atomic mass is 9.53. The first-order valence-corrected chi connectivity index (χ1v) is 8.90. The Hall–Kier alpha value is -2.08. The molecule has 1 saturated carbocycles. The zero-order valence-corrected chi connectivity index (χ0v) is 13.9. The van der Waals surface area contributed by atoms with Gasteiger partial charge < -0.3 is 19.0 Å². The van der Waals surface area contributed by atoms with Crippen molar-refractivity contribution >= 4 is 11.9 Å². The molecule has 1 aromatic rings. The van der Waals surface area contributed by atoms with Gasteiger partial charge in [-0.25, -0.2) is 4.79 Å². The lowest BCUT2D eigenvalue weighted by Crippen LogP contribution is -2.56. The van der Waals surface area contributed by atoms with Crippen LogP contribution in [0.2, 0.25) is 0 Å². The van der Waals surface area contributed by atoms with Crippen LogP contribution >= 0.6 is 0 Å². The Balaban J connectivity index is 1.63. The molecule has 0 bridgehead atoms. The van der Waals surface area contributed by atoms with Crippen LogP contribution in [-0.2, 0) is 19.1 Å². The van der Waals surface area contributed by atoms with Gasteiger partial charge in [0.2, 0.25) is 0 Å². The smallest absolute Gasteiger partial charge is 0.334 e. The molecule has 4 aliphatic rings. The van der Waals surface area contributed by atoms with E-state index in [1.807, 2.05) is 6.92 Å². The lowest BCUT2D eigenvalue weighted by Gasteiger charge is -2.49. The van der Waals surface area contributed by atoms with E-state index in [2.05, 4.69) is 0 Å². The maximum atomic E-state index is 13.1. The Morgan fingerprint density at radius 1 is 1.28 bits per heavy atom. The minimum atomic E-state index is -0.895. The molecule has 1 aromatic heterocycles. The second kappa shape index (κ2) is 4.97. The van der Waals surface area contributed by atoms with Crippen molar-refractivity contribution < 1.29 is 28.6 Å². The van der Waals surface area contributed by atoms with Gasteiger partial charge in [0.1, 0.15) is 5.76 Å². The number of furan rings is 1. The van der Waals surface area contributed by atoms with E-state index in [-0.39, 0.29) is 23.8 Å². The summed E-state index contributed by atoms with van der Waals surface area (Å²) in [4.78, 5) is 25.3. The van der Waals surface area contributed by atoms with E-state index in [1.165, 1.54) is 0 Å². The summed E-state index contributed by atoms with van der Waals surface area (Å²) in [5, 5.41) is 10.8. The van der Waals surface area contributed by atoms with Gasteiger partial charge in [-0.1, -0.05) is 6.92 Å². The first-order chi connectivity index (χ1) is 12.0. The van der Waals surface area contributed by atoms with Gasteiger partial charge in [0.15, 0.2) is 12.2 Å². The second-order valence-corrected chi connectivity index (χ2v) is 7.64. The maximum absolute atomic E-state index is 13.1. The highest BCUT2D eigenvalue weighted by molar-refractivity contribution is 5.94. The molecule has 3 heterocycles. The van der Waals surface area contributed by atoms with Gasteiger partial charge in [-0.15, -0.1) is 0 Å². The van der Waals surface area contributed by atoms with Crippen LogP contribution in [0.3, 0.4) is 0 Å². The number of rotatable bonds is 1. The highest BCUT2D eigenvalue weighted by Crippen LogP contribution is 2.62. The van der Waals surface area contributed by atoms with Gasteiger partial charge in [0, 0.05) is 23.8 Å². The molecule has 0 amide bonds. The monoisotopic (exact) mass is 344 g/mol. The minimum absolute atomic E-state index is 0.112. The zero-order valence-electron chi connectivity index (χ0n) is 13.9. The molecule has 25 heavy (non-hydrogen) atoms. The molecule has 1 spiro atoms. The fourth-order valence-electron chi connectivity index (χ4n) is 5.47. The second-order valence-electron chi connectivity index (χ2n) is 7.64. The number of hydrogen-bond donors (Lipinski definition) is 1. The fraction of sp³-hybridized carbons (Fsp3) is 0.579. The first-order valence-electron chi connectivity index (χ1n) is 8.90. The molecular weight excluding hydrogens is 324 g/mol. The predicted molar refractivity (Wildman–Crippen MR) is 84.0 cm³/mol. The van der Waals surface area contributed by atoms with Crippen molar-refractivity contribution in [2.45, 2.75) is 50.9 Å². The summed E-state index contributed by atoms with van der Waals surface area (Å²) in [5.41, 5.74) is 0.683. The number of esters is 2. The summed E-state index contributed by atoms with van der Waals surface area (Å²) in [6.07, 6.45) is 2.39. The van der Waals surface area contributed by atoms with Gasteiger partial charge in [-0.05, 0) is 37.0 Å². The van der Waals surface area contributed by atoms with Crippen LogP contribution in [0, 0.1) is 17.3 Å². The van der Waals surface area contributed by atoms with Gasteiger partial charge in [0.25, 0.3) is 0 Å². The zero-order chi connectivity index (χ0) is 17.3. The minimum Gasteiger partial charge on any atom is -0.465 e. The first kappa shape index (κ1) is 15.2. The van der Waals surface area contributed by atoms with Gasteiger partial charge in [0.05, 0.1) is 17.8 Å². The van der Waals surface area contributed by atoms with Crippen LogP contribution in [0.4, 0.5) is 0 Å². The average molecular weight is 344 g/mol. The molecule has 1 N–H and O–H groups in total. The summed E-state index contributed by atoms with van der Waals surface area (Å²) in [5.74, 6) is -0.473. The third kappa shape index (κ3) is 1.78. The van der Waals surface area contributed by atoms with E-state index in [9.17, 15) is 14.7 Å². The van der Waals surface area contributed by atoms with E-state index in [1.54, 1.807) is 18.4 Å². The van der Waals surface area contributed by atoms with E-state index in [0.717, 1.165) is 18.4 Å². The number of hydrogen-bond acceptors (Lipinski definition) is 6. The molecule has 6 nitrogen and oxygen atoms in total. The average Bonchev–Trinajstić information content (AvgIpc) is 3.31. The van der Waals surface area contributed by atoms with Gasteiger partial charge in [-0.3, -0.25) is 4.79 Å². The molecule has 1 saturated heterocycles. The third-order valence-electron chi connectivity index (χ3n) is 6.70. The molecular formula is C19H20O6. The third-order valence-corrected chi connectivity index (χ3v) is 6.70. The Kier molecular flexibility index (Phi) is 3.02. The largest absolute Gasteiger partial charge is 0.465 e. The summed E-state index contributed by atoms with van der Waals surface area (Å²) >= 11 is 0. The molecule has 2 fully saturated rings. The van der Waals surface area contributed by atoms with Crippen molar-refractivity contribution in [3.63, 3.8) is 0 Å². The van der Waals surface area contributed by atoms with Crippen molar-refractivity contribution in [2.24, 2.45) is 17.3 Å². The van der Waals surface area contributed by atoms with Gasteiger partial charge >= 0.3 is 11.9 Å².